The molecule has 0 aliphatic carbocycles. The number of alkyl halides is 2. The Morgan fingerprint density at radius 2 is 1.70 bits per heavy atom. The van der Waals surface area contributed by atoms with Crippen molar-refractivity contribution >= 4 is 53.2 Å². The van der Waals surface area contributed by atoms with E-state index in [1.165, 1.54) is 13.9 Å². The smallest absolute Gasteiger partial charge is 0.288 e. The number of nitrogens with one attached hydrogen (secondary N) is 2. The summed E-state index contributed by atoms with van der Waals surface area (Å²) in [6.07, 6.45) is -0.291. The van der Waals surface area contributed by atoms with Gasteiger partial charge < -0.3 is 20.1 Å². The molecule has 5 rings (SSSR count). The van der Waals surface area contributed by atoms with Gasteiger partial charge in [-0.15, -0.1) is 0 Å². The zero-order chi connectivity index (χ0) is 28.3. The molecule has 2 heterocycles. The van der Waals surface area contributed by atoms with Crippen LogP contribution in [0.25, 0.3) is 10.7 Å². The van der Waals surface area contributed by atoms with E-state index in [1.54, 1.807) is 26.0 Å². The molecule has 0 radical (unpaired) electrons. The van der Waals surface area contributed by atoms with Gasteiger partial charge in [-0.1, -0.05) is 56.8 Å². The highest BCUT2D eigenvalue weighted by Gasteiger charge is 2.29. The van der Waals surface area contributed by atoms with E-state index in [0.29, 0.717) is 17.3 Å². The molecule has 0 fully saturated rings. The number of hydrogen-bond donors (Lipinski definition) is 2. The Labute approximate surface area is 245 Å². The second-order valence-electron chi connectivity index (χ2n) is 9.02. The summed E-state index contributed by atoms with van der Waals surface area (Å²) in [6, 6.07) is 22.6. The Balaban J connectivity index is 1.37. The third kappa shape index (κ3) is 6.30. The first-order valence-corrected chi connectivity index (χ1v) is 15.5. The molecule has 1 unspecified atom stereocenters. The van der Waals surface area contributed by atoms with E-state index in [4.69, 9.17) is 14.5 Å². The van der Waals surface area contributed by atoms with Crippen molar-refractivity contribution in [3.05, 3.63) is 86.9 Å². The van der Waals surface area contributed by atoms with Crippen molar-refractivity contribution in [3.63, 3.8) is 0 Å². The summed E-state index contributed by atoms with van der Waals surface area (Å²) in [4.78, 5) is 5.71. The Morgan fingerprint density at radius 3 is 2.42 bits per heavy atom. The lowest BCUT2D eigenvalue weighted by Crippen LogP contribution is -2.26. The van der Waals surface area contributed by atoms with Gasteiger partial charge in [0, 0.05) is 31.9 Å². The second-order valence-corrected chi connectivity index (χ2v) is 12.4. The van der Waals surface area contributed by atoms with Crippen LogP contribution >= 0.6 is 32.5 Å². The summed E-state index contributed by atoms with van der Waals surface area (Å²) >= 11 is 1.22. The third-order valence-corrected chi connectivity index (χ3v) is 9.12. The first kappa shape index (κ1) is 28.1. The highest BCUT2D eigenvalue weighted by atomic mass is 127. The number of rotatable bonds is 10. The van der Waals surface area contributed by atoms with E-state index >= 15 is 0 Å². The van der Waals surface area contributed by atoms with Gasteiger partial charge in [-0.2, -0.15) is 13.9 Å². The van der Waals surface area contributed by atoms with Gasteiger partial charge in [-0.05, 0) is 49.4 Å². The maximum Gasteiger partial charge on any atom is 0.288 e. The standard InChI is InChI=1S/C29H28F2IN5O2S/c1-18(35-27-16-26(29(2,30)31)36-37(27)20-10-6-5-7-11-20)34-19-9-8-12-21(13-19)40-28-22-14-24(38-3)25(39-4)15-23(22)32-17-33-28/h5-18,34-35H,1-4H3. The molecule has 2 N–H and O–H groups in total. The van der Waals surface area contributed by atoms with Crippen molar-refractivity contribution < 1.29 is 18.3 Å². The molecule has 208 valence electrons. The predicted octanol–water partition coefficient (Wildman–Crippen LogP) is 6.99. The van der Waals surface area contributed by atoms with Crippen LogP contribution in [0, 0.1) is 3.15 Å². The maximum atomic E-state index is 14.1. The van der Waals surface area contributed by atoms with Crippen LogP contribution in [0.1, 0.15) is 19.5 Å². The highest BCUT2D eigenvalue weighted by molar-refractivity contribution is 14.2. The predicted molar refractivity (Wildman–Crippen MR) is 166 cm³/mol. The minimum absolute atomic E-state index is 0.291. The molecule has 1 atom stereocenters. The van der Waals surface area contributed by atoms with Gasteiger partial charge in [0.05, 0.1) is 30.3 Å². The maximum absolute atomic E-state index is 14.1. The lowest BCUT2D eigenvalue weighted by Gasteiger charge is -2.19. The van der Waals surface area contributed by atoms with Gasteiger partial charge in [0.1, 0.15) is 16.5 Å². The number of para-hydroxylation sites is 1. The Kier molecular flexibility index (Phi) is 8.40. The van der Waals surface area contributed by atoms with E-state index in [2.05, 4.69) is 15.7 Å². The molecule has 0 bridgehead atoms. The minimum Gasteiger partial charge on any atom is -0.493 e. The van der Waals surface area contributed by atoms with Crippen LogP contribution in [-0.4, -0.2) is 34.4 Å². The molecule has 1 aromatic heterocycles. The SMILES string of the molecule is COc1cc2c(cc1OC)=C(Sc1cccc(NC(C)Nc3cc(C(C)(F)F)nn3-c3ccccc3)c1)N=CI=2. The fourth-order valence-electron chi connectivity index (χ4n) is 4.11. The Hall–Kier alpha value is -3.45. The first-order valence-electron chi connectivity index (χ1n) is 12.4. The average molecular weight is 676 g/mol. The highest BCUT2D eigenvalue weighted by Crippen LogP contribution is 2.34. The normalized spacial score (nSPS) is 13.5. The van der Waals surface area contributed by atoms with Gasteiger partial charge in [-0.25, -0.2) is 9.67 Å². The second kappa shape index (κ2) is 12.0. The number of ether oxygens (including phenoxy) is 2. The molecule has 0 spiro atoms. The number of thioether (sulfide) groups is 1. The fraction of sp³-hybridized carbons (Fsp3) is 0.207. The van der Waals surface area contributed by atoms with Crippen molar-refractivity contribution in [2.45, 2.75) is 30.8 Å². The molecule has 1 aliphatic heterocycles. The molecule has 7 nitrogen and oxygen atoms in total. The van der Waals surface area contributed by atoms with Crippen molar-refractivity contribution in [2.24, 2.45) is 4.99 Å². The van der Waals surface area contributed by atoms with Crippen LogP contribution < -0.4 is 25.3 Å². The molecule has 4 aromatic rings. The molecule has 11 heteroatoms. The number of benzene rings is 3. The summed E-state index contributed by atoms with van der Waals surface area (Å²) in [5.74, 6) is -1.20. The summed E-state index contributed by atoms with van der Waals surface area (Å²) in [5, 5.41) is 12.8. The molecular formula is C29H28F2IN5O2S. The van der Waals surface area contributed by atoms with E-state index in [9.17, 15) is 8.78 Å². The number of methoxy groups -OCH3 is 2. The third-order valence-electron chi connectivity index (χ3n) is 5.99. The summed E-state index contributed by atoms with van der Waals surface area (Å²) in [7, 11) is 3.27. The van der Waals surface area contributed by atoms with Crippen LogP contribution in [0.3, 0.4) is 0 Å². The van der Waals surface area contributed by atoms with E-state index in [-0.39, 0.29) is 32.6 Å². The summed E-state index contributed by atoms with van der Waals surface area (Å²) < 4.78 is 44.0. The molecule has 40 heavy (non-hydrogen) atoms. The van der Waals surface area contributed by atoms with Crippen molar-refractivity contribution in [2.75, 3.05) is 24.9 Å². The van der Waals surface area contributed by atoms with E-state index in [1.807, 2.05) is 77.9 Å². The average Bonchev–Trinajstić information content (AvgIpc) is 3.37. The van der Waals surface area contributed by atoms with Crippen LogP contribution in [0.2, 0.25) is 0 Å². The van der Waals surface area contributed by atoms with Crippen LogP contribution in [0.15, 0.2) is 82.7 Å². The Morgan fingerprint density at radius 1 is 0.950 bits per heavy atom. The minimum atomic E-state index is -3.06. The largest absolute Gasteiger partial charge is 0.493 e. The molecule has 0 amide bonds. The van der Waals surface area contributed by atoms with Crippen LogP contribution in [0.5, 0.6) is 11.5 Å². The number of halogens is 3. The molecule has 1 aliphatic rings. The topological polar surface area (TPSA) is 72.7 Å². The number of anilines is 2. The lowest BCUT2D eigenvalue weighted by atomic mass is 10.2. The van der Waals surface area contributed by atoms with Crippen molar-refractivity contribution in [1.82, 2.24) is 9.78 Å². The van der Waals surface area contributed by atoms with E-state index in [0.717, 1.165) is 33.5 Å². The first-order chi connectivity index (χ1) is 19.2. The zero-order valence-corrected chi connectivity index (χ0v) is 25.3. The fourth-order valence-corrected chi connectivity index (χ4v) is 7.35. The number of aliphatic imine (C=N–C) groups is 1. The van der Waals surface area contributed by atoms with Crippen molar-refractivity contribution in [3.8, 4) is 17.2 Å². The number of fused-ring (bicyclic) bond motifs is 1. The van der Waals surface area contributed by atoms with Gasteiger partial charge in [0.2, 0.25) is 0 Å². The number of hydrogen-bond acceptors (Lipinski definition) is 7. The lowest BCUT2D eigenvalue weighted by molar-refractivity contribution is 0.0124. The molecule has 0 saturated carbocycles. The molecular weight excluding hydrogens is 647 g/mol. The Bertz CT molecular complexity index is 1670. The van der Waals surface area contributed by atoms with Gasteiger partial charge in [0.15, 0.2) is 11.5 Å². The summed E-state index contributed by atoms with van der Waals surface area (Å²) in [6.45, 7) is 2.77. The molecule has 0 saturated heterocycles. The van der Waals surface area contributed by atoms with E-state index < -0.39 is 5.92 Å². The van der Waals surface area contributed by atoms with Gasteiger partial charge in [0.25, 0.3) is 5.92 Å². The van der Waals surface area contributed by atoms with Gasteiger partial charge in [-0.3, -0.25) is 0 Å². The number of aromatic nitrogens is 2. The van der Waals surface area contributed by atoms with Gasteiger partial charge >= 0.3 is 0 Å². The van der Waals surface area contributed by atoms with Crippen molar-refractivity contribution in [1.29, 1.82) is 0 Å². The summed E-state index contributed by atoms with van der Waals surface area (Å²) in [5.41, 5.74) is 1.26. The van der Waals surface area contributed by atoms with Crippen LogP contribution in [0.4, 0.5) is 20.3 Å². The zero-order valence-electron chi connectivity index (χ0n) is 22.3. The quantitative estimate of drug-likeness (QED) is 0.140. The molecule has 3 aromatic carbocycles. The number of nitrogens with zero attached hydrogens (tertiary/aromatic N) is 3. The van der Waals surface area contributed by atoms with Crippen LogP contribution in [-0.2, 0) is 5.92 Å². The monoisotopic (exact) mass is 675 g/mol.